The lowest BCUT2D eigenvalue weighted by molar-refractivity contribution is -0.192. The molecule has 0 aromatic heterocycles. The van der Waals surface area contributed by atoms with Gasteiger partial charge in [-0.25, -0.2) is 4.79 Å². The summed E-state index contributed by atoms with van der Waals surface area (Å²) < 4.78 is 64.2. The Morgan fingerprint density at radius 2 is 1.74 bits per heavy atom. The van der Waals surface area contributed by atoms with Crippen LogP contribution in [0.15, 0.2) is 0 Å². The molecule has 1 N–H and O–H groups in total. The van der Waals surface area contributed by atoms with E-state index in [1.54, 1.807) is 25.5 Å². The number of aliphatic carboxylic acids is 1. The van der Waals surface area contributed by atoms with Crippen LogP contribution in [0.5, 0.6) is 0 Å². The topological polar surface area (TPSA) is 90.4 Å². The van der Waals surface area contributed by atoms with Crippen LogP contribution in [0, 0.1) is 0 Å². The molecule has 0 radical (unpaired) electrons. The number of rotatable bonds is 4. The predicted molar refractivity (Wildman–Crippen MR) is 92.5 cm³/mol. The van der Waals surface area contributed by atoms with Crippen LogP contribution in [0.2, 0.25) is 0 Å². The minimum Gasteiger partial charge on any atom is -0.475 e. The highest BCUT2D eigenvalue weighted by Gasteiger charge is 2.47. The Labute approximate surface area is 158 Å². The molecule has 1 spiro atoms. The van der Waals surface area contributed by atoms with Crippen molar-refractivity contribution in [2.75, 3.05) is 47.9 Å². The summed E-state index contributed by atoms with van der Waals surface area (Å²) in [6.07, 6.45) is -0.967. The van der Waals surface area contributed by atoms with Crippen LogP contribution >= 0.6 is 0 Å². The Balaban J connectivity index is 0.000000445. The van der Waals surface area contributed by atoms with Gasteiger partial charge in [-0.05, 0) is 32.7 Å². The van der Waals surface area contributed by atoms with Crippen molar-refractivity contribution in [1.29, 1.82) is 0 Å². The van der Waals surface area contributed by atoms with Gasteiger partial charge in [-0.2, -0.15) is 30.2 Å². The van der Waals surface area contributed by atoms with Crippen molar-refractivity contribution in [2.45, 2.75) is 43.4 Å². The smallest absolute Gasteiger partial charge is 0.475 e. The molecule has 1 unspecified atom stereocenters. The lowest BCUT2D eigenvalue weighted by atomic mass is 9.86. The van der Waals surface area contributed by atoms with Crippen molar-refractivity contribution in [3.05, 3.63) is 0 Å². The normalized spacial score (nSPS) is 24.1. The van der Waals surface area contributed by atoms with E-state index in [9.17, 15) is 21.6 Å². The molecule has 0 saturated carbocycles. The van der Waals surface area contributed by atoms with E-state index in [-0.39, 0.29) is 5.54 Å². The Morgan fingerprint density at radius 3 is 2.11 bits per heavy atom. The second-order valence-electron chi connectivity index (χ2n) is 6.98. The highest BCUT2D eigenvalue weighted by molar-refractivity contribution is 7.86. The summed E-state index contributed by atoms with van der Waals surface area (Å²) in [6.45, 7) is 1.99. The fraction of sp³-hybridized carbons (Fsp3) is 0.933. The van der Waals surface area contributed by atoms with Gasteiger partial charge < -0.3 is 9.84 Å². The number of halogens is 3. The van der Waals surface area contributed by atoms with Crippen molar-refractivity contribution in [3.63, 3.8) is 0 Å². The van der Waals surface area contributed by atoms with E-state index in [1.807, 2.05) is 0 Å². The standard InChI is InChI=1S/C13H27N3O3S.C2HF3O2/c1-14(2)20(17,18)16-9-7-13(8-10-16)6-5-12(11-19-4)15(13)3;3-2(4,5)1(6)7/h12H,5-11H2,1-4H3;(H,6,7). The number of piperidine rings is 1. The number of hydrogen-bond acceptors (Lipinski definition) is 5. The first-order chi connectivity index (χ1) is 12.3. The lowest BCUT2D eigenvalue weighted by Gasteiger charge is -2.44. The maximum absolute atomic E-state index is 12.2. The third-order valence-electron chi connectivity index (χ3n) is 5.28. The van der Waals surface area contributed by atoms with Crippen molar-refractivity contribution in [1.82, 2.24) is 13.5 Å². The fourth-order valence-corrected chi connectivity index (χ4v) is 4.65. The first-order valence-corrected chi connectivity index (χ1v) is 9.87. The molecule has 160 valence electrons. The van der Waals surface area contributed by atoms with Crippen LogP contribution in [0.25, 0.3) is 0 Å². The van der Waals surface area contributed by atoms with Gasteiger partial charge in [-0.1, -0.05) is 0 Å². The highest BCUT2D eigenvalue weighted by atomic mass is 32.2. The number of carboxylic acids is 1. The van der Waals surface area contributed by atoms with Gasteiger partial charge in [0.05, 0.1) is 6.61 Å². The predicted octanol–water partition coefficient (Wildman–Crippen LogP) is 1.00. The molecule has 0 aromatic carbocycles. The summed E-state index contributed by atoms with van der Waals surface area (Å²) in [6, 6.07) is 0.469. The molecule has 2 saturated heterocycles. The monoisotopic (exact) mass is 419 g/mol. The quantitative estimate of drug-likeness (QED) is 0.731. The minimum atomic E-state index is -5.08. The van der Waals surface area contributed by atoms with Crippen molar-refractivity contribution >= 4 is 16.2 Å². The number of carboxylic acid groups (broad SMARTS) is 1. The molecule has 8 nitrogen and oxygen atoms in total. The summed E-state index contributed by atoms with van der Waals surface area (Å²) in [4.78, 5) is 11.3. The Morgan fingerprint density at radius 1 is 1.26 bits per heavy atom. The first-order valence-electron chi connectivity index (χ1n) is 8.47. The summed E-state index contributed by atoms with van der Waals surface area (Å²) in [5.74, 6) is -2.76. The molecule has 27 heavy (non-hydrogen) atoms. The van der Waals surface area contributed by atoms with Gasteiger partial charge in [-0.15, -0.1) is 0 Å². The number of ether oxygens (including phenoxy) is 1. The largest absolute Gasteiger partial charge is 0.490 e. The van der Waals surface area contributed by atoms with Gasteiger partial charge in [0.2, 0.25) is 0 Å². The zero-order valence-corrected chi connectivity index (χ0v) is 16.8. The van der Waals surface area contributed by atoms with E-state index in [0.717, 1.165) is 32.3 Å². The fourth-order valence-electron chi connectivity index (χ4n) is 3.55. The van der Waals surface area contributed by atoms with E-state index in [1.165, 1.54) is 4.31 Å². The van der Waals surface area contributed by atoms with Crippen LogP contribution in [-0.2, 0) is 19.7 Å². The Kier molecular flexibility index (Phi) is 8.06. The van der Waals surface area contributed by atoms with Gasteiger partial charge in [0.1, 0.15) is 0 Å². The van der Waals surface area contributed by atoms with E-state index in [2.05, 4.69) is 11.9 Å². The number of hydrogen-bond donors (Lipinski definition) is 1. The molecular weight excluding hydrogens is 391 g/mol. The molecule has 2 rings (SSSR count). The lowest BCUT2D eigenvalue weighted by Crippen LogP contribution is -2.55. The van der Waals surface area contributed by atoms with Gasteiger partial charge in [0, 0.05) is 45.9 Å². The second kappa shape index (κ2) is 9.03. The first kappa shape index (κ1) is 24.1. The summed E-state index contributed by atoms with van der Waals surface area (Å²) >= 11 is 0. The minimum absolute atomic E-state index is 0.168. The SMILES string of the molecule is COCC1CCC2(CCN(S(=O)(=O)N(C)C)CC2)N1C.O=C(O)C(F)(F)F. The van der Waals surface area contributed by atoms with Gasteiger partial charge in [-0.3, -0.25) is 4.90 Å². The molecule has 2 aliphatic rings. The number of alkyl halides is 3. The molecule has 0 amide bonds. The van der Waals surface area contributed by atoms with Gasteiger partial charge in [0.15, 0.2) is 0 Å². The summed E-state index contributed by atoms with van der Waals surface area (Å²) in [7, 11) is 3.82. The van der Waals surface area contributed by atoms with Crippen molar-refractivity contribution < 1.29 is 36.2 Å². The van der Waals surface area contributed by atoms with Crippen LogP contribution in [0.3, 0.4) is 0 Å². The maximum atomic E-state index is 12.2. The summed E-state index contributed by atoms with van der Waals surface area (Å²) in [5, 5.41) is 7.12. The van der Waals surface area contributed by atoms with E-state index < -0.39 is 22.4 Å². The zero-order valence-electron chi connectivity index (χ0n) is 16.0. The Hall–Kier alpha value is -0.950. The van der Waals surface area contributed by atoms with Crippen molar-refractivity contribution in [3.8, 4) is 0 Å². The molecule has 2 heterocycles. The summed E-state index contributed by atoms with van der Waals surface area (Å²) in [5.41, 5.74) is 0.168. The molecule has 2 fully saturated rings. The molecule has 12 heteroatoms. The maximum Gasteiger partial charge on any atom is 0.490 e. The molecular formula is C15H28F3N3O5S. The van der Waals surface area contributed by atoms with Crippen molar-refractivity contribution in [2.24, 2.45) is 0 Å². The average Bonchev–Trinajstić information content (AvgIpc) is 2.85. The van der Waals surface area contributed by atoms with E-state index in [0.29, 0.717) is 19.1 Å². The number of nitrogens with zero attached hydrogens (tertiary/aromatic N) is 3. The molecule has 0 aliphatic carbocycles. The highest BCUT2D eigenvalue weighted by Crippen LogP contribution is 2.41. The number of likely N-dealkylation sites (tertiary alicyclic amines) is 1. The van der Waals surface area contributed by atoms with Crippen LogP contribution in [0.4, 0.5) is 13.2 Å². The molecule has 2 aliphatic heterocycles. The van der Waals surface area contributed by atoms with Crippen LogP contribution < -0.4 is 0 Å². The Bertz CT molecular complexity index is 604. The zero-order chi connectivity index (χ0) is 21.0. The third-order valence-corrected chi connectivity index (χ3v) is 7.22. The second-order valence-corrected chi connectivity index (χ2v) is 9.12. The number of likely N-dealkylation sites (N-methyl/N-ethyl adjacent to an activating group) is 1. The van der Waals surface area contributed by atoms with Gasteiger partial charge in [0.25, 0.3) is 10.2 Å². The molecule has 0 aromatic rings. The van der Waals surface area contributed by atoms with E-state index in [4.69, 9.17) is 14.6 Å². The van der Waals surface area contributed by atoms with Crippen LogP contribution in [0.1, 0.15) is 25.7 Å². The average molecular weight is 419 g/mol. The third kappa shape index (κ3) is 5.76. The number of carbonyl (C=O) groups is 1. The molecule has 1 atom stereocenters. The number of methoxy groups -OCH3 is 1. The van der Waals surface area contributed by atoms with Gasteiger partial charge >= 0.3 is 12.1 Å². The van der Waals surface area contributed by atoms with Crippen LogP contribution in [-0.4, -0.2) is 98.7 Å². The van der Waals surface area contributed by atoms with E-state index >= 15 is 0 Å². The molecule has 0 bridgehead atoms.